The van der Waals surface area contributed by atoms with E-state index in [1.807, 2.05) is 0 Å². The maximum absolute atomic E-state index is 13.9. The van der Waals surface area contributed by atoms with Crippen LogP contribution in [0.2, 0.25) is 0 Å². The fourth-order valence-electron chi connectivity index (χ4n) is 4.46. The number of halogens is 3. The summed E-state index contributed by atoms with van der Waals surface area (Å²) in [6, 6.07) is 3.31. The van der Waals surface area contributed by atoms with E-state index in [0.717, 1.165) is 29.3 Å². The van der Waals surface area contributed by atoms with Gasteiger partial charge in [-0.3, -0.25) is 9.59 Å². The Kier molecular flexibility index (Phi) is 5.98. The number of hydrogen-bond donors (Lipinski definition) is 2. The lowest BCUT2D eigenvalue weighted by atomic mass is 9.67. The summed E-state index contributed by atoms with van der Waals surface area (Å²) in [6.07, 6.45) is -1.86. The highest BCUT2D eigenvalue weighted by Crippen LogP contribution is 2.55. The molecule has 0 aliphatic carbocycles. The van der Waals surface area contributed by atoms with E-state index in [-0.39, 0.29) is 5.57 Å². The Hall–Kier alpha value is -3.81. The highest BCUT2D eigenvalue weighted by Gasteiger charge is 2.66. The Balaban J connectivity index is 2.37. The molecule has 2 amide bonds. The number of nitriles is 1. The normalized spacial score (nSPS) is 26.4. The van der Waals surface area contributed by atoms with Crippen LogP contribution in [-0.4, -0.2) is 40.9 Å². The summed E-state index contributed by atoms with van der Waals surface area (Å²) in [6.45, 7) is 3.07. The van der Waals surface area contributed by atoms with Crippen LogP contribution in [0.3, 0.4) is 0 Å². The summed E-state index contributed by atoms with van der Waals surface area (Å²) < 4.78 is 47.0. The van der Waals surface area contributed by atoms with Gasteiger partial charge in [0.2, 0.25) is 11.8 Å². The second-order valence-corrected chi connectivity index (χ2v) is 8.04. The number of amides is 2. The zero-order valence-corrected chi connectivity index (χ0v) is 17.7. The van der Waals surface area contributed by atoms with Crippen LogP contribution in [0.5, 0.6) is 0 Å². The summed E-state index contributed by atoms with van der Waals surface area (Å²) >= 11 is 0. The molecule has 1 aromatic carbocycles. The monoisotopic (exact) mass is 462 g/mol. The predicted molar refractivity (Wildman–Crippen MR) is 108 cm³/mol. The number of alkyl halides is 3. The smallest absolute Gasteiger partial charge is 0.416 e. The van der Waals surface area contributed by atoms with E-state index in [1.165, 1.54) is 32.1 Å². The number of carbonyl (C=O) groups excluding carboxylic acids is 3. The van der Waals surface area contributed by atoms with Crippen LogP contribution in [0.4, 0.5) is 13.2 Å². The average Bonchev–Trinajstić information content (AvgIpc) is 3.03. The fourth-order valence-corrected chi connectivity index (χ4v) is 4.46. The summed E-state index contributed by atoms with van der Waals surface area (Å²) in [7, 11) is 0. The first-order valence-electron chi connectivity index (χ1n) is 9.91. The summed E-state index contributed by atoms with van der Waals surface area (Å²) in [5.41, 5.74) is 7.00. The molecular formula is C22H21F3N4O4. The minimum Gasteiger partial charge on any atom is -0.461 e. The molecule has 0 spiro atoms. The summed E-state index contributed by atoms with van der Waals surface area (Å²) in [4.78, 5) is 38.9. The molecule has 1 saturated heterocycles. The Morgan fingerprint density at radius 2 is 1.85 bits per heavy atom. The van der Waals surface area contributed by atoms with Gasteiger partial charge >= 0.3 is 12.1 Å². The second kappa shape index (κ2) is 8.27. The zero-order valence-electron chi connectivity index (χ0n) is 17.7. The molecule has 0 unspecified atom stereocenters. The van der Waals surface area contributed by atoms with E-state index in [4.69, 9.17) is 16.2 Å². The molecule has 174 valence electrons. The van der Waals surface area contributed by atoms with Crippen LogP contribution in [0.1, 0.15) is 30.9 Å². The molecule has 0 aromatic heterocycles. The molecule has 33 heavy (non-hydrogen) atoms. The number of benzene rings is 1. The molecule has 4 N–H and O–H groups in total. The molecule has 2 heterocycles. The predicted octanol–water partition coefficient (Wildman–Crippen LogP) is 1.73. The first kappa shape index (κ1) is 23.8. The number of fused-ring (bicyclic) bond motifs is 1. The number of carbonyl (C=O) groups is 3. The first-order valence-corrected chi connectivity index (χ1v) is 9.91. The van der Waals surface area contributed by atoms with Gasteiger partial charge in [-0.15, -0.1) is 0 Å². The van der Waals surface area contributed by atoms with E-state index < -0.39 is 64.6 Å². The van der Waals surface area contributed by atoms with Gasteiger partial charge in [0.1, 0.15) is 6.04 Å². The van der Waals surface area contributed by atoms with Crippen molar-refractivity contribution in [1.29, 1.82) is 5.26 Å². The average molecular weight is 462 g/mol. The Bertz CT molecular complexity index is 1110. The largest absolute Gasteiger partial charge is 0.461 e. The number of esters is 1. The van der Waals surface area contributed by atoms with Gasteiger partial charge < -0.3 is 21.1 Å². The Labute approximate surface area is 187 Å². The van der Waals surface area contributed by atoms with E-state index in [2.05, 4.69) is 0 Å². The molecule has 3 rings (SSSR count). The van der Waals surface area contributed by atoms with E-state index in [1.54, 1.807) is 6.07 Å². The lowest BCUT2D eigenvalue weighted by Gasteiger charge is -2.32. The van der Waals surface area contributed by atoms with Crippen molar-refractivity contribution < 1.29 is 32.3 Å². The molecule has 2 aliphatic heterocycles. The minimum atomic E-state index is -4.85. The van der Waals surface area contributed by atoms with E-state index in [0.29, 0.717) is 0 Å². The summed E-state index contributed by atoms with van der Waals surface area (Å²) in [5, 5.41) is 10.2. The lowest BCUT2D eigenvalue weighted by molar-refractivity contribution is -0.153. The SMILES string of the molecule is CC(C)OC(=O)[C@@H]1[C@H](c2ccccc2C(F)(F)F)[C@](C#N)(C(N)=O)[C@H]2C=CC(C(N)=O)=CN12. The highest BCUT2D eigenvalue weighted by atomic mass is 19.4. The van der Waals surface area contributed by atoms with Gasteiger partial charge in [-0.05, 0) is 31.6 Å². The molecule has 1 aromatic rings. The molecule has 0 bridgehead atoms. The molecular weight excluding hydrogens is 441 g/mol. The Morgan fingerprint density at radius 1 is 1.21 bits per heavy atom. The third kappa shape index (κ3) is 3.82. The molecule has 1 fully saturated rings. The maximum Gasteiger partial charge on any atom is 0.416 e. The van der Waals surface area contributed by atoms with E-state index >= 15 is 0 Å². The van der Waals surface area contributed by atoms with Crippen LogP contribution < -0.4 is 11.5 Å². The number of nitrogens with zero attached hydrogens (tertiary/aromatic N) is 2. The van der Waals surface area contributed by atoms with Crippen molar-refractivity contribution in [2.75, 3.05) is 0 Å². The summed E-state index contributed by atoms with van der Waals surface area (Å²) in [5.74, 6) is -4.74. The van der Waals surface area contributed by atoms with Crippen molar-refractivity contribution in [3.63, 3.8) is 0 Å². The molecule has 4 atom stereocenters. The number of primary amides is 2. The van der Waals surface area contributed by atoms with Crippen LogP contribution in [0.25, 0.3) is 0 Å². The van der Waals surface area contributed by atoms with Crippen molar-refractivity contribution in [2.45, 2.75) is 44.1 Å². The lowest BCUT2D eigenvalue weighted by Crippen LogP contribution is -2.48. The third-order valence-electron chi connectivity index (χ3n) is 5.73. The third-order valence-corrected chi connectivity index (χ3v) is 5.73. The van der Waals surface area contributed by atoms with Crippen molar-refractivity contribution >= 4 is 17.8 Å². The Morgan fingerprint density at radius 3 is 2.36 bits per heavy atom. The van der Waals surface area contributed by atoms with Crippen molar-refractivity contribution in [3.8, 4) is 6.07 Å². The number of ether oxygens (including phenoxy) is 1. The minimum absolute atomic E-state index is 0.0744. The topological polar surface area (TPSA) is 140 Å². The van der Waals surface area contributed by atoms with Crippen LogP contribution in [0.15, 0.2) is 48.2 Å². The standard InChI is InChI=1S/C22H21F3N4O4/c1-11(2)33-19(31)17-16(13-5-3-4-6-14(13)22(23,24)25)21(10-26,20(28)32)15-8-7-12(18(27)30)9-29(15)17/h3-9,11,15-17H,1-2H3,(H2,27,30)(H2,28,32)/t15-,16+,17+,21-/m1/s1. The van der Waals surface area contributed by atoms with Crippen molar-refractivity contribution in [2.24, 2.45) is 16.9 Å². The molecule has 8 nitrogen and oxygen atoms in total. The zero-order chi connectivity index (χ0) is 24.7. The van der Waals surface area contributed by atoms with Gasteiger partial charge in [0.15, 0.2) is 5.41 Å². The van der Waals surface area contributed by atoms with Gasteiger partial charge in [-0.1, -0.05) is 24.3 Å². The number of hydrogen-bond acceptors (Lipinski definition) is 6. The number of rotatable bonds is 5. The van der Waals surface area contributed by atoms with Crippen LogP contribution in [0, 0.1) is 16.7 Å². The molecule has 0 saturated carbocycles. The van der Waals surface area contributed by atoms with Gasteiger partial charge in [0.05, 0.1) is 29.4 Å². The highest BCUT2D eigenvalue weighted by molar-refractivity contribution is 5.96. The number of nitrogens with two attached hydrogens (primary N) is 2. The first-order chi connectivity index (χ1) is 15.4. The van der Waals surface area contributed by atoms with Gasteiger partial charge in [-0.25, -0.2) is 4.79 Å². The van der Waals surface area contributed by atoms with Gasteiger partial charge in [0, 0.05) is 12.1 Å². The van der Waals surface area contributed by atoms with E-state index in [9.17, 15) is 32.8 Å². The van der Waals surface area contributed by atoms with Crippen molar-refractivity contribution in [3.05, 3.63) is 59.3 Å². The molecule has 11 heteroatoms. The maximum atomic E-state index is 13.9. The quantitative estimate of drug-likeness (QED) is 0.639. The van der Waals surface area contributed by atoms with Crippen LogP contribution in [-0.2, 0) is 25.3 Å². The van der Waals surface area contributed by atoms with Crippen LogP contribution >= 0.6 is 0 Å². The van der Waals surface area contributed by atoms with Crippen molar-refractivity contribution in [1.82, 2.24) is 4.90 Å². The fraction of sp³-hybridized carbons (Fsp3) is 0.364. The molecule has 0 radical (unpaired) electrons. The molecule has 2 aliphatic rings. The second-order valence-electron chi connectivity index (χ2n) is 8.04. The van der Waals surface area contributed by atoms with Gasteiger partial charge in [-0.2, -0.15) is 18.4 Å². The van der Waals surface area contributed by atoms with Gasteiger partial charge in [0.25, 0.3) is 0 Å².